The van der Waals surface area contributed by atoms with Crippen LogP contribution in [0.1, 0.15) is 70.4 Å². The fraction of sp³-hybridized carbons (Fsp3) is 0.462. The molecule has 1 saturated carbocycles. The van der Waals surface area contributed by atoms with Crippen molar-refractivity contribution in [3.8, 4) is 0 Å². The maximum Gasteiger partial charge on any atom is 0.251 e. The molecule has 2 atom stereocenters. The van der Waals surface area contributed by atoms with E-state index in [0.717, 1.165) is 6.42 Å². The van der Waals surface area contributed by atoms with Gasteiger partial charge in [-0.25, -0.2) is 8.78 Å². The molecule has 1 heterocycles. The molecule has 0 radical (unpaired) electrons. The molecule has 1 aliphatic heterocycles. The van der Waals surface area contributed by atoms with E-state index in [1.54, 1.807) is 24.3 Å². The molecule has 1 fully saturated rings. The van der Waals surface area contributed by atoms with Gasteiger partial charge in [-0.05, 0) is 48.9 Å². The minimum atomic E-state index is -2.63. The van der Waals surface area contributed by atoms with Gasteiger partial charge in [0.05, 0.1) is 6.10 Å². The molecule has 2 aromatic rings. The van der Waals surface area contributed by atoms with Gasteiger partial charge in [0, 0.05) is 49.0 Å². The summed E-state index contributed by atoms with van der Waals surface area (Å²) >= 11 is 0. The van der Waals surface area contributed by atoms with Crippen molar-refractivity contribution >= 4 is 11.7 Å². The van der Waals surface area contributed by atoms with Crippen LogP contribution in [-0.2, 0) is 13.0 Å². The molecule has 1 amide bonds. The van der Waals surface area contributed by atoms with Crippen LogP contribution in [0.2, 0.25) is 0 Å². The molecule has 2 aromatic carbocycles. The number of halogens is 2. The van der Waals surface area contributed by atoms with E-state index < -0.39 is 12.0 Å². The average molecular weight is 457 g/mol. The van der Waals surface area contributed by atoms with E-state index in [2.05, 4.69) is 22.8 Å². The van der Waals surface area contributed by atoms with Crippen molar-refractivity contribution < 1.29 is 23.5 Å². The first-order valence-electron chi connectivity index (χ1n) is 11.6. The Kier molecular flexibility index (Phi) is 7.20. The van der Waals surface area contributed by atoms with Crippen LogP contribution in [0.5, 0.6) is 0 Å². The molecular formula is C26H30F2N2O3. The third-order valence-electron chi connectivity index (χ3n) is 6.77. The lowest BCUT2D eigenvalue weighted by Gasteiger charge is -2.29. The Hall–Kier alpha value is -2.64. The molecule has 0 unspecified atom stereocenters. The lowest BCUT2D eigenvalue weighted by molar-refractivity contribution is -0.0399. The van der Waals surface area contributed by atoms with E-state index >= 15 is 0 Å². The van der Waals surface area contributed by atoms with Crippen molar-refractivity contribution in [2.24, 2.45) is 0 Å². The fourth-order valence-corrected chi connectivity index (χ4v) is 4.64. The minimum absolute atomic E-state index is 0.0847. The highest BCUT2D eigenvalue weighted by atomic mass is 19.3. The second-order valence-electron chi connectivity index (χ2n) is 9.17. The van der Waals surface area contributed by atoms with Crippen LogP contribution < -0.4 is 10.6 Å². The van der Waals surface area contributed by atoms with Crippen LogP contribution in [-0.4, -0.2) is 40.9 Å². The van der Waals surface area contributed by atoms with Gasteiger partial charge in [-0.15, -0.1) is 0 Å². The smallest absolute Gasteiger partial charge is 0.251 e. The van der Waals surface area contributed by atoms with Gasteiger partial charge in [-0.2, -0.15) is 0 Å². The number of Topliss-reactive ketones (excluding diaryl/α,β-unsaturated/α-hetero) is 1. The summed E-state index contributed by atoms with van der Waals surface area (Å²) in [4.78, 5) is 25.0. The molecule has 0 bridgehead atoms. The molecule has 0 aromatic heterocycles. The van der Waals surface area contributed by atoms with Crippen molar-refractivity contribution in [3.63, 3.8) is 0 Å². The first-order chi connectivity index (χ1) is 15.8. The Morgan fingerprint density at radius 1 is 1.03 bits per heavy atom. The quantitative estimate of drug-likeness (QED) is 0.550. The SMILES string of the molecule is O=C(CC[C@@H](O)[C@@H]1Cc2ccccc2CN1)c1ccc(C(=O)NC2CCC(F)(F)CC2)cc1. The van der Waals surface area contributed by atoms with Crippen LogP contribution in [0.3, 0.4) is 0 Å². The highest BCUT2D eigenvalue weighted by Gasteiger charge is 2.35. The first-order valence-corrected chi connectivity index (χ1v) is 11.6. The second kappa shape index (κ2) is 10.1. The molecule has 4 rings (SSSR count). The van der Waals surface area contributed by atoms with Crippen molar-refractivity contribution in [1.29, 1.82) is 0 Å². The standard InChI is InChI=1S/C26H30F2N2O3/c27-26(28)13-11-21(12-14-26)30-25(33)18-7-5-17(6-8-18)23(31)9-10-24(32)22-15-19-3-1-2-4-20(19)16-29-22/h1-8,21-22,24,29,32H,9-16H2,(H,30,33)/t22-,24+/m0/s1. The summed E-state index contributed by atoms with van der Waals surface area (Å²) < 4.78 is 26.5. The number of carbonyl (C=O) groups is 2. The fourth-order valence-electron chi connectivity index (χ4n) is 4.64. The van der Waals surface area contributed by atoms with E-state index in [-0.39, 0.29) is 55.9 Å². The van der Waals surface area contributed by atoms with Gasteiger partial charge in [0.1, 0.15) is 0 Å². The van der Waals surface area contributed by atoms with Crippen LogP contribution in [0.4, 0.5) is 8.78 Å². The Morgan fingerprint density at radius 2 is 1.67 bits per heavy atom. The second-order valence-corrected chi connectivity index (χ2v) is 9.17. The topological polar surface area (TPSA) is 78.4 Å². The van der Waals surface area contributed by atoms with E-state index in [1.165, 1.54) is 11.1 Å². The first kappa shape index (κ1) is 23.5. The van der Waals surface area contributed by atoms with E-state index in [1.807, 2.05) is 12.1 Å². The lowest BCUT2D eigenvalue weighted by atomic mass is 9.90. The summed E-state index contributed by atoms with van der Waals surface area (Å²) in [6.45, 7) is 0.707. The molecule has 176 valence electrons. The highest BCUT2D eigenvalue weighted by Crippen LogP contribution is 2.33. The highest BCUT2D eigenvalue weighted by molar-refractivity contribution is 5.98. The Bertz CT molecular complexity index is 983. The number of rotatable bonds is 7. The van der Waals surface area contributed by atoms with Gasteiger partial charge < -0.3 is 15.7 Å². The van der Waals surface area contributed by atoms with E-state index in [9.17, 15) is 23.5 Å². The molecule has 0 spiro atoms. The number of benzene rings is 2. The summed E-state index contributed by atoms with van der Waals surface area (Å²) in [6, 6.07) is 14.2. The average Bonchev–Trinajstić information content (AvgIpc) is 2.83. The van der Waals surface area contributed by atoms with Gasteiger partial charge in [-0.3, -0.25) is 9.59 Å². The predicted octanol–water partition coefficient (Wildman–Crippen LogP) is 4.03. The number of hydrogen-bond acceptors (Lipinski definition) is 4. The number of hydrogen-bond donors (Lipinski definition) is 3. The number of ketones is 1. The summed E-state index contributed by atoms with van der Waals surface area (Å²) in [5.74, 6) is -3.04. The van der Waals surface area contributed by atoms with Crippen molar-refractivity contribution in [3.05, 3.63) is 70.8 Å². The van der Waals surface area contributed by atoms with Crippen LogP contribution in [0.25, 0.3) is 0 Å². The number of nitrogens with one attached hydrogen (secondary N) is 2. The van der Waals surface area contributed by atoms with Crippen LogP contribution in [0, 0.1) is 0 Å². The summed E-state index contributed by atoms with van der Waals surface area (Å²) in [5.41, 5.74) is 3.34. The number of aliphatic hydroxyl groups excluding tert-OH is 1. The van der Waals surface area contributed by atoms with Crippen molar-refractivity contribution in [2.45, 2.75) is 75.6 Å². The third kappa shape index (κ3) is 6.03. The molecule has 2 aliphatic rings. The van der Waals surface area contributed by atoms with Crippen molar-refractivity contribution in [1.82, 2.24) is 10.6 Å². The van der Waals surface area contributed by atoms with Crippen molar-refractivity contribution in [2.75, 3.05) is 0 Å². The summed E-state index contributed by atoms with van der Waals surface area (Å²) in [5, 5.41) is 16.7. The van der Waals surface area contributed by atoms with E-state index in [0.29, 0.717) is 24.1 Å². The van der Waals surface area contributed by atoms with Gasteiger partial charge in [0.25, 0.3) is 5.91 Å². The number of amides is 1. The third-order valence-corrected chi connectivity index (χ3v) is 6.77. The number of alkyl halides is 2. The van der Waals surface area contributed by atoms with Gasteiger partial charge >= 0.3 is 0 Å². The molecule has 3 N–H and O–H groups in total. The maximum absolute atomic E-state index is 13.3. The molecule has 0 saturated heterocycles. The predicted molar refractivity (Wildman–Crippen MR) is 121 cm³/mol. The number of fused-ring (bicyclic) bond motifs is 1. The minimum Gasteiger partial charge on any atom is -0.391 e. The van der Waals surface area contributed by atoms with E-state index in [4.69, 9.17) is 0 Å². The zero-order valence-corrected chi connectivity index (χ0v) is 18.5. The maximum atomic E-state index is 13.3. The zero-order chi connectivity index (χ0) is 23.4. The van der Waals surface area contributed by atoms with Crippen LogP contribution >= 0.6 is 0 Å². The van der Waals surface area contributed by atoms with Gasteiger partial charge in [-0.1, -0.05) is 36.4 Å². The molecule has 7 heteroatoms. The Balaban J connectivity index is 1.25. The molecule has 1 aliphatic carbocycles. The van der Waals surface area contributed by atoms with Gasteiger partial charge in [0.15, 0.2) is 5.78 Å². The molecular weight excluding hydrogens is 426 g/mol. The lowest BCUT2D eigenvalue weighted by Crippen LogP contribution is -2.44. The Morgan fingerprint density at radius 3 is 2.36 bits per heavy atom. The van der Waals surface area contributed by atoms with Gasteiger partial charge in [0.2, 0.25) is 5.92 Å². The number of aliphatic hydroxyl groups is 1. The zero-order valence-electron chi connectivity index (χ0n) is 18.5. The van der Waals surface area contributed by atoms with Crippen LogP contribution in [0.15, 0.2) is 48.5 Å². The number of carbonyl (C=O) groups excluding carboxylic acids is 2. The largest absolute Gasteiger partial charge is 0.391 e. The molecule has 33 heavy (non-hydrogen) atoms. The Labute approximate surface area is 192 Å². The normalized spacial score (nSPS) is 21.1. The summed E-state index contributed by atoms with van der Waals surface area (Å²) in [6.07, 6.45) is 0.776. The summed E-state index contributed by atoms with van der Waals surface area (Å²) in [7, 11) is 0. The molecule has 5 nitrogen and oxygen atoms in total. The monoisotopic (exact) mass is 456 g/mol.